The maximum absolute atomic E-state index is 12.0. The van der Waals surface area contributed by atoms with Gasteiger partial charge in [0.15, 0.2) is 0 Å². The lowest BCUT2D eigenvalue weighted by molar-refractivity contribution is -0.128. The highest BCUT2D eigenvalue weighted by Gasteiger charge is 2.20. The fourth-order valence-electron chi connectivity index (χ4n) is 2.24. The minimum atomic E-state index is -0.0641. The molecule has 98 valence electrons. The van der Waals surface area contributed by atoms with Crippen LogP contribution in [0.15, 0.2) is 18.3 Å². The molecule has 1 aromatic heterocycles. The van der Waals surface area contributed by atoms with Crippen LogP contribution in [0.25, 0.3) is 0 Å². The largest absolute Gasteiger partial charge is 0.392 e. The van der Waals surface area contributed by atoms with Crippen molar-refractivity contribution < 1.29 is 9.90 Å². The Morgan fingerprint density at radius 2 is 2.22 bits per heavy atom. The molecule has 1 aliphatic heterocycles. The van der Waals surface area contributed by atoms with Gasteiger partial charge in [-0.15, -0.1) is 0 Å². The third-order valence-electron chi connectivity index (χ3n) is 3.23. The van der Waals surface area contributed by atoms with E-state index in [2.05, 4.69) is 4.98 Å². The molecule has 0 aromatic carbocycles. The van der Waals surface area contributed by atoms with Crippen molar-refractivity contribution in [1.29, 1.82) is 0 Å². The number of carbonyl (C=O) groups is 1. The summed E-state index contributed by atoms with van der Waals surface area (Å²) in [7, 11) is 1.83. The van der Waals surface area contributed by atoms with Gasteiger partial charge in [-0.05, 0) is 18.9 Å². The second kappa shape index (κ2) is 5.82. The number of rotatable bonds is 4. The molecule has 1 aromatic rings. The van der Waals surface area contributed by atoms with Gasteiger partial charge in [0.05, 0.1) is 13.2 Å². The number of anilines is 1. The zero-order chi connectivity index (χ0) is 13.0. The lowest BCUT2D eigenvalue weighted by Crippen LogP contribution is -2.37. The monoisotopic (exact) mass is 249 g/mol. The van der Waals surface area contributed by atoms with Crippen LogP contribution in [-0.2, 0) is 11.4 Å². The van der Waals surface area contributed by atoms with Crippen LogP contribution < -0.4 is 4.90 Å². The van der Waals surface area contributed by atoms with E-state index in [4.69, 9.17) is 0 Å². The van der Waals surface area contributed by atoms with E-state index in [0.29, 0.717) is 12.4 Å². The number of hydrogen-bond acceptors (Lipinski definition) is 4. The minimum Gasteiger partial charge on any atom is -0.392 e. The fourth-order valence-corrected chi connectivity index (χ4v) is 2.24. The molecule has 0 aliphatic carbocycles. The Hall–Kier alpha value is -1.62. The Kier molecular flexibility index (Phi) is 4.15. The Morgan fingerprint density at radius 3 is 2.89 bits per heavy atom. The molecule has 2 heterocycles. The zero-order valence-corrected chi connectivity index (χ0v) is 10.7. The second-order valence-electron chi connectivity index (χ2n) is 4.59. The van der Waals surface area contributed by atoms with Crippen LogP contribution in [0.3, 0.4) is 0 Å². The predicted octanol–water partition coefficient (Wildman–Crippen LogP) is 0.632. The standard InChI is InChI=1S/C13H19N3O2/c1-15(9-12(18)16-7-2-3-8-16)13-11(10-17)5-4-6-14-13/h4-6,17H,2-3,7-10H2,1H3. The summed E-state index contributed by atoms with van der Waals surface area (Å²) in [6, 6.07) is 3.60. The number of aromatic nitrogens is 1. The molecule has 1 aliphatic rings. The topological polar surface area (TPSA) is 56.7 Å². The van der Waals surface area contributed by atoms with Crippen molar-refractivity contribution in [2.24, 2.45) is 0 Å². The summed E-state index contributed by atoms with van der Waals surface area (Å²) in [5, 5.41) is 9.25. The van der Waals surface area contributed by atoms with E-state index in [1.54, 1.807) is 17.2 Å². The first-order valence-electron chi connectivity index (χ1n) is 6.26. The summed E-state index contributed by atoms with van der Waals surface area (Å²) in [6.45, 7) is 1.97. The molecular weight excluding hydrogens is 230 g/mol. The molecule has 1 fully saturated rings. The molecule has 2 rings (SSSR count). The smallest absolute Gasteiger partial charge is 0.242 e. The zero-order valence-electron chi connectivity index (χ0n) is 10.7. The van der Waals surface area contributed by atoms with Gasteiger partial charge < -0.3 is 14.9 Å². The highest BCUT2D eigenvalue weighted by atomic mass is 16.3. The predicted molar refractivity (Wildman–Crippen MR) is 69.2 cm³/mol. The molecule has 0 unspecified atom stereocenters. The molecule has 5 nitrogen and oxygen atoms in total. The van der Waals surface area contributed by atoms with Crippen LogP contribution in [0.1, 0.15) is 18.4 Å². The van der Waals surface area contributed by atoms with E-state index in [9.17, 15) is 9.90 Å². The number of hydrogen-bond donors (Lipinski definition) is 1. The van der Waals surface area contributed by atoms with Gasteiger partial charge in [0, 0.05) is 31.9 Å². The van der Waals surface area contributed by atoms with E-state index >= 15 is 0 Å². The molecule has 0 bridgehead atoms. The number of likely N-dealkylation sites (N-methyl/N-ethyl adjacent to an activating group) is 1. The van der Waals surface area contributed by atoms with Gasteiger partial charge in [-0.1, -0.05) is 6.07 Å². The number of amides is 1. The average Bonchev–Trinajstić information content (AvgIpc) is 2.92. The van der Waals surface area contributed by atoms with Crippen molar-refractivity contribution in [1.82, 2.24) is 9.88 Å². The van der Waals surface area contributed by atoms with Gasteiger partial charge in [-0.3, -0.25) is 4.79 Å². The Bertz CT molecular complexity index is 416. The molecule has 1 N–H and O–H groups in total. The van der Waals surface area contributed by atoms with E-state index in [0.717, 1.165) is 31.5 Å². The van der Waals surface area contributed by atoms with Gasteiger partial charge in [0.1, 0.15) is 5.82 Å². The van der Waals surface area contributed by atoms with Gasteiger partial charge in [0.25, 0.3) is 0 Å². The SMILES string of the molecule is CN(CC(=O)N1CCCC1)c1ncccc1CO. The number of likely N-dealkylation sites (tertiary alicyclic amines) is 1. The van der Waals surface area contributed by atoms with Crippen molar-refractivity contribution in [2.75, 3.05) is 31.6 Å². The minimum absolute atomic E-state index is 0.0641. The lowest BCUT2D eigenvalue weighted by atomic mass is 10.2. The molecule has 0 atom stereocenters. The fraction of sp³-hybridized carbons (Fsp3) is 0.538. The van der Waals surface area contributed by atoms with E-state index in [-0.39, 0.29) is 12.5 Å². The van der Waals surface area contributed by atoms with Gasteiger partial charge >= 0.3 is 0 Å². The third-order valence-corrected chi connectivity index (χ3v) is 3.23. The number of nitrogens with zero attached hydrogens (tertiary/aromatic N) is 3. The lowest BCUT2D eigenvalue weighted by Gasteiger charge is -2.23. The van der Waals surface area contributed by atoms with Crippen LogP contribution in [0.5, 0.6) is 0 Å². The maximum Gasteiger partial charge on any atom is 0.242 e. The summed E-state index contributed by atoms with van der Waals surface area (Å²) < 4.78 is 0. The highest BCUT2D eigenvalue weighted by molar-refractivity contribution is 5.81. The first-order valence-corrected chi connectivity index (χ1v) is 6.26. The first-order chi connectivity index (χ1) is 8.72. The van der Waals surface area contributed by atoms with E-state index in [1.165, 1.54) is 0 Å². The van der Waals surface area contributed by atoms with Crippen LogP contribution in [-0.4, -0.2) is 47.6 Å². The summed E-state index contributed by atoms with van der Waals surface area (Å²) in [4.78, 5) is 19.9. The summed E-state index contributed by atoms with van der Waals surface area (Å²) in [5.41, 5.74) is 0.745. The van der Waals surface area contributed by atoms with E-state index in [1.807, 2.05) is 18.0 Å². The van der Waals surface area contributed by atoms with Crippen LogP contribution in [0.2, 0.25) is 0 Å². The summed E-state index contributed by atoms with van der Waals surface area (Å²) >= 11 is 0. The van der Waals surface area contributed by atoms with Crippen molar-refractivity contribution in [3.63, 3.8) is 0 Å². The van der Waals surface area contributed by atoms with Gasteiger partial charge in [0.2, 0.25) is 5.91 Å². The molecule has 0 saturated carbocycles. The van der Waals surface area contributed by atoms with Crippen molar-refractivity contribution in [3.8, 4) is 0 Å². The highest BCUT2D eigenvalue weighted by Crippen LogP contribution is 2.16. The van der Waals surface area contributed by atoms with Gasteiger partial charge in [-0.2, -0.15) is 0 Å². The summed E-state index contributed by atoms with van der Waals surface area (Å²) in [6.07, 6.45) is 3.87. The van der Waals surface area contributed by atoms with Crippen LogP contribution in [0.4, 0.5) is 5.82 Å². The summed E-state index contributed by atoms with van der Waals surface area (Å²) in [5.74, 6) is 0.803. The van der Waals surface area contributed by atoms with E-state index < -0.39 is 0 Å². The van der Waals surface area contributed by atoms with Gasteiger partial charge in [-0.25, -0.2) is 4.98 Å². The normalized spacial score (nSPS) is 14.9. The van der Waals surface area contributed by atoms with Crippen molar-refractivity contribution >= 4 is 11.7 Å². The Morgan fingerprint density at radius 1 is 1.50 bits per heavy atom. The maximum atomic E-state index is 12.0. The number of aliphatic hydroxyl groups is 1. The molecule has 5 heteroatoms. The van der Waals surface area contributed by atoms with Crippen molar-refractivity contribution in [3.05, 3.63) is 23.9 Å². The average molecular weight is 249 g/mol. The Labute approximate surface area is 107 Å². The Balaban J connectivity index is 2.02. The molecule has 0 radical (unpaired) electrons. The van der Waals surface area contributed by atoms with Crippen LogP contribution >= 0.6 is 0 Å². The quantitative estimate of drug-likeness (QED) is 0.850. The second-order valence-corrected chi connectivity index (χ2v) is 4.59. The van der Waals surface area contributed by atoms with Crippen molar-refractivity contribution in [2.45, 2.75) is 19.4 Å². The first kappa shape index (κ1) is 12.8. The number of aliphatic hydroxyl groups excluding tert-OH is 1. The van der Waals surface area contributed by atoms with Crippen LogP contribution in [0, 0.1) is 0 Å². The molecule has 1 amide bonds. The molecular formula is C13H19N3O2. The molecule has 18 heavy (non-hydrogen) atoms. The number of pyridine rings is 1. The number of carbonyl (C=O) groups excluding carboxylic acids is 1. The molecule has 0 spiro atoms. The third kappa shape index (κ3) is 2.79. The molecule has 1 saturated heterocycles.